The molecule has 0 aromatic heterocycles. The number of hydrogen-bond donors (Lipinski definition) is 3. The van der Waals surface area contributed by atoms with E-state index >= 15 is 0 Å². The van der Waals surface area contributed by atoms with Gasteiger partial charge in [-0.3, -0.25) is 4.79 Å². The average molecular weight is 257 g/mol. The van der Waals surface area contributed by atoms with E-state index in [1.807, 2.05) is 0 Å². The van der Waals surface area contributed by atoms with E-state index in [2.05, 4.69) is 5.32 Å². The molecule has 0 radical (unpaired) electrons. The van der Waals surface area contributed by atoms with Crippen LogP contribution < -0.4 is 11.1 Å². The Bertz CT molecular complexity index is 446. The van der Waals surface area contributed by atoms with E-state index < -0.39 is 5.97 Å². The minimum absolute atomic E-state index is 0.0507. The van der Waals surface area contributed by atoms with Crippen LogP contribution in [0.3, 0.4) is 0 Å². The number of carboxylic acids is 1. The quantitative estimate of drug-likeness (QED) is 0.765. The van der Waals surface area contributed by atoms with Gasteiger partial charge in [0.05, 0.1) is 10.6 Å². The van der Waals surface area contributed by atoms with Crippen LogP contribution in [0.5, 0.6) is 0 Å². The summed E-state index contributed by atoms with van der Waals surface area (Å²) in [4.78, 5) is 22.2. The molecule has 0 saturated carbocycles. The Kier molecular flexibility index (Phi) is 4.48. The van der Waals surface area contributed by atoms with Crippen molar-refractivity contribution in [1.82, 2.24) is 0 Å². The number of aromatic carboxylic acids is 1. The largest absolute Gasteiger partial charge is 0.478 e. The van der Waals surface area contributed by atoms with Crippen molar-refractivity contribution in [2.75, 3.05) is 5.32 Å². The second kappa shape index (κ2) is 5.65. The SMILES string of the molecule is CC(N)CC(=O)Nc1ccc(Cl)c(C(=O)O)c1. The fourth-order valence-electron chi connectivity index (χ4n) is 1.27. The van der Waals surface area contributed by atoms with Crippen LogP contribution in [0.2, 0.25) is 5.02 Å². The summed E-state index contributed by atoms with van der Waals surface area (Å²) in [6.45, 7) is 1.71. The minimum Gasteiger partial charge on any atom is -0.478 e. The molecule has 0 saturated heterocycles. The number of rotatable bonds is 4. The molecule has 92 valence electrons. The second-order valence-corrected chi connectivity index (χ2v) is 4.14. The van der Waals surface area contributed by atoms with Crippen molar-refractivity contribution in [3.8, 4) is 0 Å². The second-order valence-electron chi connectivity index (χ2n) is 3.73. The maximum Gasteiger partial charge on any atom is 0.337 e. The van der Waals surface area contributed by atoms with E-state index in [9.17, 15) is 9.59 Å². The zero-order valence-electron chi connectivity index (χ0n) is 9.24. The highest BCUT2D eigenvalue weighted by Gasteiger charge is 2.11. The van der Waals surface area contributed by atoms with Crippen LogP contribution in [0.4, 0.5) is 5.69 Å². The van der Waals surface area contributed by atoms with Crippen LogP contribution in [-0.2, 0) is 4.79 Å². The number of benzene rings is 1. The molecule has 0 spiro atoms. The normalized spacial score (nSPS) is 11.9. The third kappa shape index (κ3) is 4.05. The summed E-state index contributed by atoms with van der Waals surface area (Å²) in [6, 6.07) is 4.02. The number of amides is 1. The molecule has 17 heavy (non-hydrogen) atoms. The van der Waals surface area contributed by atoms with E-state index in [1.165, 1.54) is 18.2 Å². The maximum absolute atomic E-state index is 11.4. The van der Waals surface area contributed by atoms with E-state index in [-0.39, 0.29) is 29.0 Å². The van der Waals surface area contributed by atoms with Crippen LogP contribution in [0.15, 0.2) is 18.2 Å². The zero-order chi connectivity index (χ0) is 13.0. The Labute approximate surface area is 104 Å². The number of anilines is 1. The zero-order valence-corrected chi connectivity index (χ0v) is 9.99. The van der Waals surface area contributed by atoms with E-state index in [1.54, 1.807) is 6.92 Å². The van der Waals surface area contributed by atoms with E-state index in [4.69, 9.17) is 22.4 Å². The first-order chi connectivity index (χ1) is 7.90. The van der Waals surface area contributed by atoms with Gasteiger partial charge in [0, 0.05) is 18.2 Å². The van der Waals surface area contributed by atoms with Gasteiger partial charge in [0.1, 0.15) is 0 Å². The number of carboxylic acid groups (broad SMARTS) is 1. The number of nitrogens with two attached hydrogens (primary N) is 1. The van der Waals surface area contributed by atoms with Gasteiger partial charge in [-0.1, -0.05) is 11.6 Å². The van der Waals surface area contributed by atoms with E-state index in [0.717, 1.165) is 0 Å². The van der Waals surface area contributed by atoms with Gasteiger partial charge in [0.25, 0.3) is 0 Å². The smallest absolute Gasteiger partial charge is 0.337 e. The maximum atomic E-state index is 11.4. The molecule has 4 N–H and O–H groups in total. The van der Waals surface area contributed by atoms with Crippen LogP contribution in [0, 0.1) is 0 Å². The standard InChI is InChI=1S/C11H13ClN2O3/c1-6(13)4-10(15)14-7-2-3-9(12)8(5-7)11(16)17/h2-3,5-6H,4,13H2,1H3,(H,14,15)(H,16,17). The van der Waals surface area contributed by atoms with Gasteiger partial charge < -0.3 is 16.2 Å². The molecule has 1 aromatic rings. The highest BCUT2D eigenvalue weighted by Crippen LogP contribution is 2.20. The third-order valence-electron chi connectivity index (χ3n) is 1.99. The van der Waals surface area contributed by atoms with Gasteiger partial charge in [0.2, 0.25) is 5.91 Å². The molecule has 0 bridgehead atoms. The highest BCUT2D eigenvalue weighted by molar-refractivity contribution is 6.33. The van der Waals surface area contributed by atoms with Gasteiger partial charge in [-0.05, 0) is 25.1 Å². The molecule has 5 nitrogen and oxygen atoms in total. The number of hydrogen-bond acceptors (Lipinski definition) is 3. The van der Waals surface area contributed by atoms with Gasteiger partial charge in [0.15, 0.2) is 0 Å². The molecular weight excluding hydrogens is 244 g/mol. The predicted molar refractivity (Wildman–Crippen MR) is 65.3 cm³/mol. The molecule has 0 aliphatic heterocycles. The Balaban J connectivity index is 2.82. The molecule has 0 fully saturated rings. The van der Waals surface area contributed by atoms with Crippen molar-refractivity contribution in [3.63, 3.8) is 0 Å². The van der Waals surface area contributed by atoms with Crippen LogP contribution in [-0.4, -0.2) is 23.0 Å². The van der Waals surface area contributed by atoms with Gasteiger partial charge in [-0.2, -0.15) is 0 Å². The van der Waals surface area contributed by atoms with Crippen LogP contribution in [0.25, 0.3) is 0 Å². The lowest BCUT2D eigenvalue weighted by Gasteiger charge is -2.08. The molecule has 0 aliphatic rings. The molecular formula is C11H13ClN2O3. The Morgan fingerprint density at radius 1 is 1.53 bits per heavy atom. The highest BCUT2D eigenvalue weighted by atomic mass is 35.5. The van der Waals surface area contributed by atoms with Gasteiger partial charge >= 0.3 is 5.97 Å². The summed E-state index contributed by atoms with van der Waals surface area (Å²) in [5.74, 6) is -1.41. The topological polar surface area (TPSA) is 92.4 Å². The number of nitrogens with one attached hydrogen (secondary N) is 1. The molecule has 1 unspecified atom stereocenters. The van der Waals surface area contributed by atoms with Gasteiger partial charge in [-0.15, -0.1) is 0 Å². The molecule has 1 atom stereocenters. The summed E-state index contributed by atoms with van der Waals surface area (Å²) in [5, 5.41) is 11.5. The molecule has 1 aromatic carbocycles. The van der Waals surface area contributed by atoms with Gasteiger partial charge in [-0.25, -0.2) is 4.79 Å². The summed E-state index contributed by atoms with van der Waals surface area (Å²) in [7, 11) is 0. The first-order valence-electron chi connectivity index (χ1n) is 4.98. The number of carbonyl (C=O) groups is 2. The minimum atomic E-state index is -1.14. The first-order valence-corrected chi connectivity index (χ1v) is 5.36. The van der Waals surface area contributed by atoms with Crippen molar-refractivity contribution in [2.24, 2.45) is 5.73 Å². The summed E-state index contributed by atoms with van der Waals surface area (Å²) in [5.41, 5.74) is 5.81. The third-order valence-corrected chi connectivity index (χ3v) is 2.32. The average Bonchev–Trinajstić information content (AvgIpc) is 2.19. The van der Waals surface area contributed by atoms with Crippen LogP contribution in [0.1, 0.15) is 23.7 Å². The van der Waals surface area contributed by atoms with E-state index in [0.29, 0.717) is 5.69 Å². The molecule has 0 heterocycles. The molecule has 6 heteroatoms. The number of carbonyl (C=O) groups excluding carboxylic acids is 1. The van der Waals surface area contributed by atoms with Crippen molar-refractivity contribution in [2.45, 2.75) is 19.4 Å². The Morgan fingerprint density at radius 2 is 2.18 bits per heavy atom. The molecule has 1 amide bonds. The molecule has 0 aliphatic carbocycles. The van der Waals surface area contributed by atoms with Crippen molar-refractivity contribution >= 4 is 29.2 Å². The monoisotopic (exact) mass is 256 g/mol. The Hall–Kier alpha value is -1.59. The van der Waals surface area contributed by atoms with Crippen molar-refractivity contribution in [3.05, 3.63) is 28.8 Å². The lowest BCUT2D eigenvalue weighted by molar-refractivity contribution is -0.116. The predicted octanol–water partition coefficient (Wildman–Crippen LogP) is 1.71. The lowest BCUT2D eigenvalue weighted by atomic mass is 10.2. The first kappa shape index (κ1) is 13.5. The lowest BCUT2D eigenvalue weighted by Crippen LogP contribution is -2.24. The number of halogens is 1. The summed E-state index contributed by atoms with van der Waals surface area (Å²) < 4.78 is 0. The van der Waals surface area contributed by atoms with Crippen molar-refractivity contribution in [1.29, 1.82) is 0 Å². The molecule has 1 rings (SSSR count). The summed E-state index contributed by atoms with van der Waals surface area (Å²) >= 11 is 5.70. The summed E-state index contributed by atoms with van der Waals surface area (Å²) in [6.07, 6.45) is 0.172. The Morgan fingerprint density at radius 3 is 2.71 bits per heavy atom. The fourth-order valence-corrected chi connectivity index (χ4v) is 1.47. The fraction of sp³-hybridized carbons (Fsp3) is 0.273. The van der Waals surface area contributed by atoms with Crippen LogP contribution >= 0.6 is 11.6 Å². The van der Waals surface area contributed by atoms with Crippen molar-refractivity contribution < 1.29 is 14.7 Å².